The number of aliphatic carboxylic acids is 1. The quantitative estimate of drug-likeness (QED) is 0.612. The van der Waals surface area contributed by atoms with E-state index in [0.717, 1.165) is 6.42 Å². The Labute approximate surface area is 96.2 Å². The Balaban J connectivity index is 3.87. The first-order valence-corrected chi connectivity index (χ1v) is 5.50. The normalized spacial score (nSPS) is 12.5. The number of carbonyl (C=O) groups is 2. The zero-order valence-corrected chi connectivity index (χ0v) is 10.2. The second kappa shape index (κ2) is 8.10. The number of ether oxygens (including phenoxy) is 1. The van der Waals surface area contributed by atoms with Gasteiger partial charge in [-0.15, -0.1) is 0 Å². The molecule has 0 aliphatic carbocycles. The highest BCUT2D eigenvalue weighted by atomic mass is 16.5. The lowest BCUT2D eigenvalue weighted by atomic mass is 10.0. The van der Waals surface area contributed by atoms with Gasteiger partial charge < -0.3 is 15.2 Å². The van der Waals surface area contributed by atoms with Crippen molar-refractivity contribution in [3.8, 4) is 0 Å². The van der Waals surface area contributed by atoms with Crippen molar-refractivity contribution in [1.29, 1.82) is 0 Å². The number of carbonyl (C=O) groups excluding carboxylic acids is 1. The van der Waals surface area contributed by atoms with E-state index in [1.165, 1.54) is 0 Å². The second-order valence-corrected chi connectivity index (χ2v) is 4.08. The van der Waals surface area contributed by atoms with Crippen molar-refractivity contribution in [2.24, 2.45) is 5.92 Å². The molecule has 0 rings (SSSR count). The lowest BCUT2D eigenvalue weighted by molar-refractivity contribution is -0.143. The Hall–Kier alpha value is -1.10. The van der Waals surface area contributed by atoms with Crippen LogP contribution in [0.3, 0.4) is 0 Å². The lowest BCUT2D eigenvalue weighted by Gasteiger charge is -2.17. The van der Waals surface area contributed by atoms with E-state index < -0.39 is 12.0 Å². The van der Waals surface area contributed by atoms with Crippen LogP contribution in [-0.4, -0.2) is 36.7 Å². The molecular formula is C11H21NO4. The van der Waals surface area contributed by atoms with Crippen molar-refractivity contribution < 1.29 is 19.4 Å². The molecule has 0 heterocycles. The first-order chi connectivity index (χ1) is 7.49. The molecular weight excluding hydrogens is 210 g/mol. The molecule has 0 saturated carbocycles. The predicted octanol–water partition coefficient (Wildman–Crippen LogP) is 1.03. The number of carboxylic acid groups (broad SMARTS) is 1. The minimum atomic E-state index is -0.986. The van der Waals surface area contributed by atoms with Crippen LogP contribution >= 0.6 is 0 Å². The van der Waals surface area contributed by atoms with Crippen LogP contribution in [0.4, 0.5) is 0 Å². The Bertz CT molecular complexity index is 228. The summed E-state index contributed by atoms with van der Waals surface area (Å²) < 4.78 is 4.86. The molecule has 5 heteroatoms. The molecule has 0 saturated heterocycles. The average Bonchev–Trinajstić information content (AvgIpc) is 2.20. The first-order valence-electron chi connectivity index (χ1n) is 5.50. The number of rotatable bonds is 8. The zero-order chi connectivity index (χ0) is 12.6. The molecule has 16 heavy (non-hydrogen) atoms. The molecule has 0 aliphatic rings. The maximum Gasteiger partial charge on any atom is 0.326 e. The van der Waals surface area contributed by atoms with E-state index >= 15 is 0 Å². The Morgan fingerprint density at radius 1 is 1.31 bits per heavy atom. The summed E-state index contributed by atoms with van der Waals surface area (Å²) in [5.74, 6) is -1.31. The molecule has 0 bridgehead atoms. The van der Waals surface area contributed by atoms with Crippen LogP contribution < -0.4 is 5.32 Å². The molecule has 2 N–H and O–H groups in total. The summed E-state index contributed by atoms with van der Waals surface area (Å²) in [6, 6.07) is -0.796. The van der Waals surface area contributed by atoms with Crippen molar-refractivity contribution in [3.05, 3.63) is 0 Å². The van der Waals surface area contributed by atoms with Gasteiger partial charge in [0.2, 0.25) is 5.91 Å². The molecule has 5 nitrogen and oxygen atoms in total. The van der Waals surface area contributed by atoms with Gasteiger partial charge in [0.05, 0.1) is 0 Å². The maximum atomic E-state index is 11.4. The highest BCUT2D eigenvalue weighted by Gasteiger charge is 2.22. The van der Waals surface area contributed by atoms with Gasteiger partial charge in [-0.25, -0.2) is 4.79 Å². The molecule has 0 aromatic carbocycles. The SMILES string of the molecule is COCCCCC(=O)NC(C(=O)O)C(C)C. The van der Waals surface area contributed by atoms with E-state index in [1.54, 1.807) is 21.0 Å². The van der Waals surface area contributed by atoms with Gasteiger partial charge in [0.25, 0.3) is 0 Å². The van der Waals surface area contributed by atoms with Crippen LogP contribution in [0.5, 0.6) is 0 Å². The van der Waals surface area contributed by atoms with Crippen LogP contribution in [0.2, 0.25) is 0 Å². The van der Waals surface area contributed by atoms with E-state index in [1.807, 2.05) is 0 Å². The molecule has 0 aromatic rings. The molecule has 0 aliphatic heterocycles. The lowest BCUT2D eigenvalue weighted by Crippen LogP contribution is -2.44. The van der Waals surface area contributed by atoms with Crippen LogP contribution in [0.15, 0.2) is 0 Å². The van der Waals surface area contributed by atoms with Crippen LogP contribution in [0.1, 0.15) is 33.1 Å². The number of nitrogens with one attached hydrogen (secondary N) is 1. The van der Waals surface area contributed by atoms with E-state index in [0.29, 0.717) is 19.4 Å². The third-order valence-electron chi connectivity index (χ3n) is 2.25. The van der Waals surface area contributed by atoms with Gasteiger partial charge >= 0.3 is 5.97 Å². The third-order valence-corrected chi connectivity index (χ3v) is 2.25. The predicted molar refractivity (Wildman–Crippen MR) is 60.1 cm³/mol. The van der Waals surface area contributed by atoms with E-state index in [4.69, 9.17) is 9.84 Å². The van der Waals surface area contributed by atoms with E-state index in [2.05, 4.69) is 5.32 Å². The fraction of sp³-hybridized carbons (Fsp3) is 0.818. The standard InChI is InChI=1S/C11H21NO4/c1-8(2)10(11(14)15)12-9(13)6-4-5-7-16-3/h8,10H,4-7H2,1-3H3,(H,12,13)(H,14,15). The summed E-state index contributed by atoms with van der Waals surface area (Å²) in [5, 5.41) is 11.4. The van der Waals surface area contributed by atoms with Gasteiger partial charge in [-0.05, 0) is 18.8 Å². The fourth-order valence-electron chi connectivity index (χ4n) is 1.29. The Morgan fingerprint density at radius 2 is 1.94 bits per heavy atom. The molecule has 94 valence electrons. The van der Waals surface area contributed by atoms with E-state index in [9.17, 15) is 9.59 Å². The third kappa shape index (κ3) is 6.40. The van der Waals surface area contributed by atoms with Gasteiger partial charge in [-0.1, -0.05) is 13.8 Å². The summed E-state index contributed by atoms with van der Waals surface area (Å²) in [6.07, 6.45) is 1.87. The summed E-state index contributed by atoms with van der Waals surface area (Å²) in [4.78, 5) is 22.2. The minimum Gasteiger partial charge on any atom is -0.480 e. The highest BCUT2D eigenvalue weighted by molar-refractivity contribution is 5.83. The van der Waals surface area contributed by atoms with Crippen molar-refractivity contribution in [3.63, 3.8) is 0 Å². The summed E-state index contributed by atoms with van der Waals surface area (Å²) >= 11 is 0. The molecule has 0 fully saturated rings. The number of amides is 1. The van der Waals surface area contributed by atoms with Gasteiger partial charge in [-0.3, -0.25) is 4.79 Å². The van der Waals surface area contributed by atoms with Crippen LogP contribution in [0, 0.1) is 5.92 Å². The zero-order valence-electron chi connectivity index (χ0n) is 10.2. The molecule has 1 unspecified atom stereocenters. The monoisotopic (exact) mass is 231 g/mol. The second-order valence-electron chi connectivity index (χ2n) is 4.08. The van der Waals surface area contributed by atoms with Gasteiger partial charge in [0, 0.05) is 20.1 Å². The average molecular weight is 231 g/mol. The number of unbranched alkanes of at least 4 members (excludes halogenated alkanes) is 1. The molecule has 0 radical (unpaired) electrons. The summed E-state index contributed by atoms with van der Waals surface area (Å²) in [7, 11) is 1.61. The maximum absolute atomic E-state index is 11.4. The number of carboxylic acids is 1. The highest BCUT2D eigenvalue weighted by Crippen LogP contribution is 2.03. The van der Waals surface area contributed by atoms with E-state index in [-0.39, 0.29) is 11.8 Å². The van der Waals surface area contributed by atoms with Gasteiger partial charge in [0.1, 0.15) is 6.04 Å². The molecule has 1 amide bonds. The van der Waals surface area contributed by atoms with Gasteiger partial charge in [0.15, 0.2) is 0 Å². The van der Waals surface area contributed by atoms with Crippen molar-refractivity contribution in [2.75, 3.05) is 13.7 Å². The van der Waals surface area contributed by atoms with Crippen molar-refractivity contribution >= 4 is 11.9 Å². The minimum absolute atomic E-state index is 0.111. The largest absolute Gasteiger partial charge is 0.480 e. The fourth-order valence-corrected chi connectivity index (χ4v) is 1.29. The number of methoxy groups -OCH3 is 1. The van der Waals surface area contributed by atoms with Crippen LogP contribution in [-0.2, 0) is 14.3 Å². The smallest absolute Gasteiger partial charge is 0.326 e. The summed E-state index contributed by atoms with van der Waals surface area (Å²) in [5.41, 5.74) is 0. The molecule has 1 atom stereocenters. The van der Waals surface area contributed by atoms with Crippen molar-refractivity contribution in [2.45, 2.75) is 39.2 Å². The number of hydrogen-bond acceptors (Lipinski definition) is 3. The van der Waals surface area contributed by atoms with Gasteiger partial charge in [-0.2, -0.15) is 0 Å². The topological polar surface area (TPSA) is 75.6 Å². The van der Waals surface area contributed by atoms with Crippen LogP contribution in [0.25, 0.3) is 0 Å². The Kier molecular flexibility index (Phi) is 7.54. The molecule has 0 aromatic heterocycles. The summed E-state index contributed by atoms with van der Waals surface area (Å²) in [6.45, 7) is 4.16. The van der Waals surface area contributed by atoms with Crippen molar-refractivity contribution in [1.82, 2.24) is 5.32 Å². The molecule has 0 spiro atoms. The Morgan fingerprint density at radius 3 is 2.38 bits per heavy atom. The number of hydrogen-bond donors (Lipinski definition) is 2. The first kappa shape index (κ1) is 14.9.